The average molecular weight is 388 g/mol. The van der Waals surface area contributed by atoms with Crippen LogP contribution < -0.4 is 10.5 Å². The van der Waals surface area contributed by atoms with Gasteiger partial charge in [0.05, 0.1) is 10.0 Å². The zero-order valence-corrected chi connectivity index (χ0v) is 12.8. The van der Waals surface area contributed by atoms with Gasteiger partial charge < -0.3 is 10.5 Å². The summed E-state index contributed by atoms with van der Waals surface area (Å²) in [5, 5.41) is 7.44. The highest BCUT2D eigenvalue weighted by Crippen LogP contribution is 2.33. The second-order valence-corrected chi connectivity index (χ2v) is 5.50. The summed E-state index contributed by atoms with van der Waals surface area (Å²) in [6.45, 7) is 0. The van der Waals surface area contributed by atoms with Crippen LogP contribution in [0.15, 0.2) is 45.3 Å². The van der Waals surface area contributed by atoms with Crippen molar-refractivity contribution < 1.29 is 9.13 Å². The standard InChI is InChI=1S/C13H9Br2FN2O/c14-7-1-3-12(10(15)5-7)19-11-4-2-8(16)6-9(11)13(17)18/h1-6H,(H3,17,18). The molecule has 0 heterocycles. The minimum absolute atomic E-state index is 0.217. The molecule has 2 aromatic carbocycles. The van der Waals surface area contributed by atoms with E-state index in [1.807, 2.05) is 12.1 Å². The maximum Gasteiger partial charge on any atom is 0.141 e. The fraction of sp³-hybridized carbons (Fsp3) is 0. The Morgan fingerprint density at radius 3 is 2.42 bits per heavy atom. The van der Waals surface area contributed by atoms with Gasteiger partial charge in [-0.2, -0.15) is 0 Å². The molecule has 2 aromatic rings. The second-order valence-electron chi connectivity index (χ2n) is 3.73. The highest BCUT2D eigenvalue weighted by molar-refractivity contribution is 9.11. The van der Waals surface area contributed by atoms with Gasteiger partial charge in [-0.05, 0) is 52.3 Å². The van der Waals surface area contributed by atoms with Crippen LogP contribution in [0, 0.1) is 11.2 Å². The number of nitrogen functional groups attached to an aromatic ring is 1. The van der Waals surface area contributed by atoms with Gasteiger partial charge in [-0.3, -0.25) is 5.41 Å². The van der Waals surface area contributed by atoms with Gasteiger partial charge in [-0.15, -0.1) is 0 Å². The van der Waals surface area contributed by atoms with Crippen molar-refractivity contribution >= 4 is 37.7 Å². The molecular formula is C13H9Br2FN2O. The van der Waals surface area contributed by atoms with Crippen LogP contribution in [0.25, 0.3) is 0 Å². The number of halogens is 3. The van der Waals surface area contributed by atoms with E-state index in [9.17, 15) is 4.39 Å². The number of nitrogens with two attached hydrogens (primary N) is 1. The van der Waals surface area contributed by atoms with Crippen molar-refractivity contribution in [3.8, 4) is 11.5 Å². The first-order valence-electron chi connectivity index (χ1n) is 5.24. The molecule has 0 radical (unpaired) electrons. The minimum Gasteiger partial charge on any atom is -0.455 e. The van der Waals surface area contributed by atoms with Gasteiger partial charge in [0.2, 0.25) is 0 Å². The molecule has 98 valence electrons. The summed E-state index contributed by atoms with van der Waals surface area (Å²) >= 11 is 6.71. The highest BCUT2D eigenvalue weighted by Gasteiger charge is 2.11. The second kappa shape index (κ2) is 5.71. The molecule has 19 heavy (non-hydrogen) atoms. The van der Waals surface area contributed by atoms with Crippen LogP contribution in [-0.4, -0.2) is 5.84 Å². The predicted octanol–water partition coefficient (Wildman–Crippen LogP) is 4.43. The summed E-state index contributed by atoms with van der Waals surface area (Å²) in [4.78, 5) is 0. The third kappa shape index (κ3) is 3.33. The lowest BCUT2D eigenvalue weighted by Gasteiger charge is -2.11. The Kier molecular flexibility index (Phi) is 4.21. The number of hydrogen-bond acceptors (Lipinski definition) is 2. The Labute approximate surface area is 126 Å². The van der Waals surface area contributed by atoms with E-state index < -0.39 is 5.82 Å². The predicted molar refractivity (Wildman–Crippen MR) is 79.3 cm³/mol. The third-order valence-electron chi connectivity index (χ3n) is 2.35. The quantitative estimate of drug-likeness (QED) is 0.604. The van der Waals surface area contributed by atoms with Crippen LogP contribution in [0.1, 0.15) is 5.56 Å². The Bertz CT molecular complexity index is 647. The van der Waals surface area contributed by atoms with E-state index in [4.69, 9.17) is 15.9 Å². The molecule has 3 N–H and O–H groups in total. The molecule has 0 saturated carbocycles. The highest BCUT2D eigenvalue weighted by atomic mass is 79.9. The van der Waals surface area contributed by atoms with Gasteiger partial charge in [-0.1, -0.05) is 15.9 Å². The number of hydrogen-bond donors (Lipinski definition) is 2. The molecule has 0 aliphatic carbocycles. The SMILES string of the molecule is N=C(N)c1cc(F)ccc1Oc1ccc(Br)cc1Br. The number of ether oxygens (including phenoxy) is 1. The Morgan fingerprint density at radius 2 is 1.79 bits per heavy atom. The van der Waals surface area contributed by atoms with Gasteiger partial charge in [-0.25, -0.2) is 4.39 Å². The molecule has 0 aromatic heterocycles. The van der Waals surface area contributed by atoms with Crippen molar-refractivity contribution in [3.63, 3.8) is 0 Å². The van der Waals surface area contributed by atoms with Gasteiger partial charge in [0.25, 0.3) is 0 Å². The maximum absolute atomic E-state index is 13.2. The normalized spacial score (nSPS) is 10.3. The molecule has 0 fully saturated rings. The zero-order chi connectivity index (χ0) is 14.0. The monoisotopic (exact) mass is 386 g/mol. The first kappa shape index (κ1) is 14.0. The van der Waals surface area contributed by atoms with E-state index in [0.29, 0.717) is 11.5 Å². The van der Waals surface area contributed by atoms with Gasteiger partial charge >= 0.3 is 0 Å². The van der Waals surface area contributed by atoms with Crippen molar-refractivity contribution in [1.82, 2.24) is 0 Å². The molecule has 0 unspecified atom stereocenters. The fourth-order valence-corrected chi connectivity index (χ4v) is 2.61. The van der Waals surface area contributed by atoms with E-state index in [1.54, 1.807) is 6.07 Å². The largest absolute Gasteiger partial charge is 0.455 e. The van der Waals surface area contributed by atoms with E-state index >= 15 is 0 Å². The summed E-state index contributed by atoms with van der Waals surface area (Å²) in [7, 11) is 0. The third-order valence-corrected chi connectivity index (χ3v) is 3.46. The number of nitrogens with one attached hydrogen (secondary N) is 1. The summed E-state index contributed by atoms with van der Waals surface area (Å²) < 4.78 is 20.4. The molecule has 0 spiro atoms. The lowest BCUT2D eigenvalue weighted by Crippen LogP contribution is -2.12. The molecule has 0 amide bonds. The smallest absolute Gasteiger partial charge is 0.141 e. The summed E-state index contributed by atoms with van der Waals surface area (Å²) in [6.07, 6.45) is 0. The Morgan fingerprint density at radius 1 is 1.11 bits per heavy atom. The van der Waals surface area contributed by atoms with Crippen LogP contribution in [0.4, 0.5) is 4.39 Å². The van der Waals surface area contributed by atoms with Crippen LogP contribution in [-0.2, 0) is 0 Å². The first-order chi connectivity index (χ1) is 8.97. The molecule has 0 aliphatic rings. The summed E-state index contributed by atoms with van der Waals surface area (Å²) in [5.74, 6) is 0.171. The molecule has 0 bridgehead atoms. The Balaban J connectivity index is 2.40. The van der Waals surface area contributed by atoms with Crippen molar-refractivity contribution in [3.05, 3.63) is 56.7 Å². The number of amidine groups is 1. The van der Waals surface area contributed by atoms with Gasteiger partial charge in [0, 0.05) is 4.47 Å². The Hall–Kier alpha value is -1.40. The van der Waals surface area contributed by atoms with E-state index in [2.05, 4.69) is 31.9 Å². The maximum atomic E-state index is 13.2. The lowest BCUT2D eigenvalue weighted by molar-refractivity contribution is 0.476. The van der Waals surface area contributed by atoms with E-state index in [0.717, 1.165) is 8.95 Å². The van der Waals surface area contributed by atoms with E-state index in [1.165, 1.54) is 18.2 Å². The van der Waals surface area contributed by atoms with Crippen molar-refractivity contribution in [2.24, 2.45) is 5.73 Å². The fourth-order valence-electron chi connectivity index (χ4n) is 1.48. The molecule has 3 nitrogen and oxygen atoms in total. The zero-order valence-electron chi connectivity index (χ0n) is 9.58. The van der Waals surface area contributed by atoms with Crippen molar-refractivity contribution in [1.29, 1.82) is 5.41 Å². The molecule has 0 atom stereocenters. The topological polar surface area (TPSA) is 59.1 Å². The summed E-state index contributed by atoms with van der Waals surface area (Å²) in [6, 6.07) is 9.27. The number of rotatable bonds is 3. The van der Waals surface area contributed by atoms with Crippen LogP contribution in [0.2, 0.25) is 0 Å². The minimum atomic E-state index is -0.465. The molecule has 2 rings (SSSR count). The lowest BCUT2D eigenvalue weighted by atomic mass is 10.2. The van der Waals surface area contributed by atoms with Crippen LogP contribution in [0.5, 0.6) is 11.5 Å². The van der Waals surface area contributed by atoms with Gasteiger partial charge in [0.1, 0.15) is 23.2 Å². The van der Waals surface area contributed by atoms with E-state index in [-0.39, 0.29) is 11.4 Å². The van der Waals surface area contributed by atoms with Gasteiger partial charge in [0.15, 0.2) is 0 Å². The molecule has 6 heteroatoms. The summed E-state index contributed by atoms with van der Waals surface area (Å²) in [5.41, 5.74) is 5.63. The van der Waals surface area contributed by atoms with Crippen molar-refractivity contribution in [2.75, 3.05) is 0 Å². The van der Waals surface area contributed by atoms with Crippen LogP contribution >= 0.6 is 31.9 Å². The molecule has 0 saturated heterocycles. The number of benzene rings is 2. The average Bonchev–Trinajstić information content (AvgIpc) is 2.34. The van der Waals surface area contributed by atoms with Crippen LogP contribution in [0.3, 0.4) is 0 Å². The molecular weight excluding hydrogens is 379 g/mol. The first-order valence-corrected chi connectivity index (χ1v) is 6.83. The van der Waals surface area contributed by atoms with Crippen molar-refractivity contribution in [2.45, 2.75) is 0 Å². The molecule has 0 aliphatic heterocycles.